The van der Waals surface area contributed by atoms with Crippen LogP contribution in [0.5, 0.6) is 0 Å². The quantitative estimate of drug-likeness (QED) is 0.379. The summed E-state index contributed by atoms with van der Waals surface area (Å²) in [5, 5.41) is 0. The van der Waals surface area contributed by atoms with Crippen molar-refractivity contribution < 1.29 is 17.1 Å². The summed E-state index contributed by atoms with van der Waals surface area (Å²) >= 11 is 0. The molecule has 0 aliphatic heterocycles. The van der Waals surface area contributed by atoms with Crippen molar-refractivity contribution in [2.24, 2.45) is 0 Å². The number of benzene rings is 1. The maximum Gasteiger partial charge on any atom is 1.00 e. The van der Waals surface area contributed by atoms with E-state index in [2.05, 4.69) is 6.07 Å². The number of rotatable bonds is 0. The van der Waals surface area contributed by atoms with E-state index in [1.54, 1.807) is 0 Å². The van der Waals surface area contributed by atoms with E-state index in [9.17, 15) is 0 Å². The summed E-state index contributed by atoms with van der Waals surface area (Å²) < 4.78 is 0. The van der Waals surface area contributed by atoms with Crippen molar-refractivity contribution in [3.63, 3.8) is 0 Å². The molecule has 0 fully saturated rings. The smallest absolute Gasteiger partial charge is 0.184 e. The summed E-state index contributed by atoms with van der Waals surface area (Å²) in [6.07, 6.45) is 0. The molecule has 0 nitrogen and oxygen atoms in total. The van der Waals surface area contributed by atoms with Gasteiger partial charge in [0.1, 0.15) is 0 Å². The minimum Gasteiger partial charge on any atom is -0.184 e. The van der Waals surface area contributed by atoms with Crippen molar-refractivity contribution in [2.45, 2.75) is 0 Å². The molecule has 1 heteroatoms. The van der Waals surface area contributed by atoms with Crippen molar-refractivity contribution in [2.75, 3.05) is 0 Å². The Hall–Kier alpha value is -0.261. The SMILES string of the molecule is [Cu+].[c-]1ccccc1. The van der Waals surface area contributed by atoms with Crippen molar-refractivity contribution in [1.29, 1.82) is 0 Å². The molecule has 0 radical (unpaired) electrons. The summed E-state index contributed by atoms with van der Waals surface area (Å²) in [5.74, 6) is 0. The predicted octanol–water partition coefficient (Wildman–Crippen LogP) is 1.48. The van der Waals surface area contributed by atoms with Gasteiger partial charge in [-0.1, -0.05) is 0 Å². The second-order valence-corrected chi connectivity index (χ2v) is 1.08. The first kappa shape index (κ1) is 6.74. The average Bonchev–Trinajstić information content (AvgIpc) is 1.72. The third-order valence-electron chi connectivity index (χ3n) is 0.607. The molecule has 0 aromatic heterocycles. The molecule has 1 aromatic carbocycles. The fraction of sp³-hybridized carbons (Fsp3) is 0. The van der Waals surface area contributed by atoms with Gasteiger partial charge in [-0.3, -0.25) is 0 Å². The van der Waals surface area contributed by atoms with Crippen LogP contribution in [0.15, 0.2) is 30.3 Å². The molecule has 0 spiro atoms. The van der Waals surface area contributed by atoms with Gasteiger partial charge < -0.3 is 0 Å². The van der Waals surface area contributed by atoms with E-state index in [0.29, 0.717) is 0 Å². The van der Waals surface area contributed by atoms with Gasteiger partial charge in [0.2, 0.25) is 0 Å². The number of hydrogen-bond acceptors (Lipinski definition) is 0. The zero-order valence-electron chi connectivity index (χ0n) is 3.69. The van der Waals surface area contributed by atoms with Gasteiger partial charge in [-0.2, -0.15) is 36.4 Å². The molecule has 0 N–H and O–H groups in total. The molecule has 0 heterocycles. The van der Waals surface area contributed by atoms with E-state index in [1.165, 1.54) is 0 Å². The molecule has 1 rings (SSSR count). The molecule has 0 aliphatic rings. The first-order chi connectivity index (χ1) is 3.00. The Labute approximate surface area is 54.0 Å². The maximum absolute atomic E-state index is 2.89. The summed E-state index contributed by atoms with van der Waals surface area (Å²) in [4.78, 5) is 0. The molecule has 1 aromatic rings. The molecule has 0 amide bonds. The standard InChI is InChI=1S/C6H5.Cu/c1-2-4-6-5-3-1;/h1-5H;/q-1;+1. The minimum atomic E-state index is 0. The van der Waals surface area contributed by atoms with Crippen molar-refractivity contribution >= 4 is 0 Å². The summed E-state index contributed by atoms with van der Waals surface area (Å²) in [5.41, 5.74) is 0. The van der Waals surface area contributed by atoms with E-state index in [-0.39, 0.29) is 17.1 Å². The van der Waals surface area contributed by atoms with Gasteiger partial charge >= 0.3 is 17.1 Å². The molecule has 0 bridgehead atoms. The van der Waals surface area contributed by atoms with Gasteiger partial charge in [-0.25, -0.2) is 0 Å². The monoisotopic (exact) mass is 140 g/mol. The van der Waals surface area contributed by atoms with E-state index in [0.717, 1.165) is 0 Å². The number of hydrogen-bond donors (Lipinski definition) is 0. The minimum absolute atomic E-state index is 0. The van der Waals surface area contributed by atoms with Crippen LogP contribution < -0.4 is 0 Å². The maximum atomic E-state index is 2.89. The van der Waals surface area contributed by atoms with Crippen LogP contribution in [0.4, 0.5) is 0 Å². The molecule has 0 atom stereocenters. The van der Waals surface area contributed by atoms with Gasteiger partial charge in [-0.15, -0.1) is 0 Å². The van der Waals surface area contributed by atoms with Gasteiger partial charge in [0.15, 0.2) is 0 Å². The average molecular weight is 141 g/mol. The van der Waals surface area contributed by atoms with Crippen LogP contribution in [0.2, 0.25) is 0 Å². The molecule has 7 heavy (non-hydrogen) atoms. The van der Waals surface area contributed by atoms with Crippen molar-refractivity contribution in [3.8, 4) is 0 Å². The first-order valence-electron chi connectivity index (χ1n) is 1.91. The van der Waals surface area contributed by atoms with Crippen molar-refractivity contribution in [1.82, 2.24) is 0 Å². The molecular weight excluding hydrogens is 136 g/mol. The van der Waals surface area contributed by atoms with Crippen LogP contribution in [0.1, 0.15) is 0 Å². The second-order valence-electron chi connectivity index (χ2n) is 1.08. The molecule has 0 unspecified atom stereocenters. The molecule has 0 aliphatic carbocycles. The second kappa shape index (κ2) is 3.91. The third kappa shape index (κ3) is 2.44. The molecule has 40 valence electrons. The predicted molar refractivity (Wildman–Crippen MR) is 25.3 cm³/mol. The first-order valence-corrected chi connectivity index (χ1v) is 1.91. The normalized spacial score (nSPS) is 6.86. The Morgan fingerprint density at radius 1 is 0.857 bits per heavy atom. The molecule has 0 saturated carbocycles. The van der Waals surface area contributed by atoms with Crippen LogP contribution >= 0.6 is 0 Å². The summed E-state index contributed by atoms with van der Waals surface area (Å²) in [7, 11) is 0. The van der Waals surface area contributed by atoms with Gasteiger partial charge in [0, 0.05) is 0 Å². The zero-order chi connectivity index (χ0) is 4.24. The van der Waals surface area contributed by atoms with Crippen LogP contribution in [-0.4, -0.2) is 0 Å². The van der Waals surface area contributed by atoms with Crippen LogP contribution in [0.3, 0.4) is 0 Å². The molecule has 0 saturated heterocycles. The van der Waals surface area contributed by atoms with Crippen molar-refractivity contribution in [3.05, 3.63) is 36.4 Å². The Bertz CT molecular complexity index is 76.1. The van der Waals surface area contributed by atoms with E-state index < -0.39 is 0 Å². The van der Waals surface area contributed by atoms with E-state index >= 15 is 0 Å². The topological polar surface area (TPSA) is 0 Å². The molecular formula is C6H5Cu. The van der Waals surface area contributed by atoms with Crippen LogP contribution in [0, 0.1) is 6.07 Å². The Morgan fingerprint density at radius 2 is 1.43 bits per heavy atom. The van der Waals surface area contributed by atoms with Gasteiger partial charge in [0.25, 0.3) is 0 Å². The summed E-state index contributed by atoms with van der Waals surface area (Å²) in [6, 6.07) is 12.5. The largest absolute Gasteiger partial charge is 1.00 e. The zero-order valence-corrected chi connectivity index (χ0v) is 4.63. The van der Waals surface area contributed by atoms with Crippen LogP contribution in [-0.2, 0) is 17.1 Å². The van der Waals surface area contributed by atoms with E-state index in [1.807, 2.05) is 30.3 Å². The Balaban J connectivity index is 0.000000360. The summed E-state index contributed by atoms with van der Waals surface area (Å²) in [6.45, 7) is 0. The Morgan fingerprint density at radius 3 is 1.57 bits per heavy atom. The Kier molecular flexibility index (Phi) is 3.77. The fourth-order valence-corrected chi connectivity index (χ4v) is 0.342. The fourth-order valence-electron chi connectivity index (χ4n) is 0.342. The van der Waals surface area contributed by atoms with Gasteiger partial charge in [0.05, 0.1) is 0 Å². The van der Waals surface area contributed by atoms with Crippen LogP contribution in [0.25, 0.3) is 0 Å². The van der Waals surface area contributed by atoms with E-state index in [4.69, 9.17) is 0 Å². The van der Waals surface area contributed by atoms with Gasteiger partial charge in [-0.05, 0) is 0 Å². The third-order valence-corrected chi connectivity index (χ3v) is 0.607.